The van der Waals surface area contributed by atoms with Gasteiger partial charge in [-0.05, 0) is 45.0 Å². The number of carbonyl (C=O) groups is 1. The Hall–Kier alpha value is -3.88. The number of hydrogen-bond donors (Lipinski definition) is 0. The predicted octanol–water partition coefficient (Wildman–Crippen LogP) is 2.08. The Morgan fingerprint density at radius 2 is 1.91 bits per heavy atom. The molecule has 32 heavy (non-hydrogen) atoms. The van der Waals surface area contributed by atoms with E-state index in [0.29, 0.717) is 42.3 Å². The van der Waals surface area contributed by atoms with E-state index in [1.807, 2.05) is 55.7 Å². The van der Waals surface area contributed by atoms with E-state index in [1.54, 1.807) is 15.5 Å². The van der Waals surface area contributed by atoms with Crippen LogP contribution in [0.3, 0.4) is 0 Å². The highest BCUT2D eigenvalue weighted by Gasteiger charge is 2.22. The van der Waals surface area contributed by atoms with Crippen LogP contribution in [0.2, 0.25) is 0 Å². The Bertz CT molecular complexity index is 1460. The summed E-state index contributed by atoms with van der Waals surface area (Å²) in [6, 6.07) is 9.40. The molecule has 0 N–H and O–H groups in total. The minimum atomic E-state index is -0.220. The number of fused-ring (bicyclic) bond motifs is 2. The van der Waals surface area contributed by atoms with Crippen LogP contribution in [0, 0.1) is 20.8 Å². The molecule has 0 bridgehead atoms. The van der Waals surface area contributed by atoms with Crippen LogP contribution >= 0.6 is 0 Å². The second-order valence-electron chi connectivity index (χ2n) is 8.06. The molecule has 1 aromatic carbocycles. The number of aromatic nitrogens is 6. The standard InChI is InChI=1S/C23H23N7O2/c1-14-12-15(2)30-23(24-14)26-20(27-30)13-21(31)28-10-8-17(9-11-28)29-16(3)25-22(32)18-6-4-5-7-19(18)29/h4-8,12H,9-11,13H2,1-3H3. The Labute approximate surface area is 184 Å². The first-order valence-electron chi connectivity index (χ1n) is 10.6. The summed E-state index contributed by atoms with van der Waals surface area (Å²) in [6.07, 6.45) is 2.82. The van der Waals surface area contributed by atoms with Gasteiger partial charge in [-0.25, -0.2) is 9.50 Å². The zero-order chi connectivity index (χ0) is 22.4. The molecule has 1 amide bonds. The summed E-state index contributed by atoms with van der Waals surface area (Å²) < 4.78 is 3.68. The molecule has 3 aromatic heterocycles. The molecule has 1 aliphatic heterocycles. The highest BCUT2D eigenvalue weighted by molar-refractivity contribution is 5.82. The molecule has 9 heteroatoms. The molecular formula is C23H23N7O2. The molecule has 9 nitrogen and oxygen atoms in total. The number of hydrogen-bond acceptors (Lipinski definition) is 6. The zero-order valence-electron chi connectivity index (χ0n) is 18.2. The summed E-state index contributed by atoms with van der Waals surface area (Å²) in [6.45, 7) is 6.74. The second-order valence-corrected chi connectivity index (χ2v) is 8.06. The fourth-order valence-electron chi connectivity index (χ4n) is 4.26. The van der Waals surface area contributed by atoms with E-state index < -0.39 is 0 Å². The minimum Gasteiger partial charge on any atom is -0.338 e. The quantitative estimate of drug-likeness (QED) is 0.495. The van der Waals surface area contributed by atoms with Crippen molar-refractivity contribution in [3.63, 3.8) is 0 Å². The van der Waals surface area contributed by atoms with E-state index in [4.69, 9.17) is 0 Å². The molecule has 0 saturated heterocycles. The van der Waals surface area contributed by atoms with Crippen LogP contribution in [0.5, 0.6) is 0 Å². The van der Waals surface area contributed by atoms with Gasteiger partial charge in [-0.1, -0.05) is 12.1 Å². The summed E-state index contributed by atoms with van der Waals surface area (Å²) in [5.74, 6) is 1.61. The van der Waals surface area contributed by atoms with Gasteiger partial charge in [0.1, 0.15) is 5.82 Å². The second kappa shape index (κ2) is 7.67. The molecule has 0 unspecified atom stereocenters. The normalized spacial score (nSPS) is 14.2. The first-order chi connectivity index (χ1) is 15.4. The van der Waals surface area contributed by atoms with Gasteiger partial charge < -0.3 is 9.47 Å². The Morgan fingerprint density at radius 1 is 1.09 bits per heavy atom. The van der Waals surface area contributed by atoms with Gasteiger partial charge in [-0.2, -0.15) is 9.97 Å². The fraction of sp³-hybridized carbons (Fsp3) is 0.304. The predicted molar refractivity (Wildman–Crippen MR) is 120 cm³/mol. The van der Waals surface area contributed by atoms with E-state index in [2.05, 4.69) is 20.1 Å². The van der Waals surface area contributed by atoms with Crippen LogP contribution in [-0.2, 0) is 11.2 Å². The van der Waals surface area contributed by atoms with Gasteiger partial charge in [0.25, 0.3) is 11.3 Å². The van der Waals surface area contributed by atoms with E-state index in [0.717, 1.165) is 22.6 Å². The summed E-state index contributed by atoms with van der Waals surface area (Å²) in [5, 5.41) is 5.04. The highest BCUT2D eigenvalue weighted by Crippen LogP contribution is 2.22. The number of nitrogens with zero attached hydrogens (tertiary/aromatic N) is 7. The monoisotopic (exact) mass is 429 g/mol. The zero-order valence-corrected chi connectivity index (χ0v) is 18.2. The van der Waals surface area contributed by atoms with Gasteiger partial charge in [-0.3, -0.25) is 9.59 Å². The van der Waals surface area contributed by atoms with Crippen molar-refractivity contribution in [2.24, 2.45) is 0 Å². The maximum absolute atomic E-state index is 12.9. The van der Waals surface area contributed by atoms with Gasteiger partial charge in [0.15, 0.2) is 5.82 Å². The molecule has 4 aromatic rings. The number of aryl methyl sites for hydroxylation is 3. The summed E-state index contributed by atoms with van der Waals surface area (Å²) in [7, 11) is 0. The van der Waals surface area contributed by atoms with Crippen molar-refractivity contribution in [3.05, 3.63) is 69.8 Å². The largest absolute Gasteiger partial charge is 0.338 e. The third-order valence-corrected chi connectivity index (χ3v) is 5.76. The fourth-order valence-corrected chi connectivity index (χ4v) is 4.26. The molecule has 162 valence electrons. The molecule has 0 atom stereocenters. The van der Waals surface area contributed by atoms with Crippen LogP contribution in [0.1, 0.15) is 29.5 Å². The van der Waals surface area contributed by atoms with E-state index in [1.165, 1.54) is 0 Å². The van der Waals surface area contributed by atoms with Crippen LogP contribution in [0.4, 0.5) is 0 Å². The van der Waals surface area contributed by atoms with Crippen molar-refractivity contribution in [3.8, 4) is 0 Å². The van der Waals surface area contributed by atoms with E-state index >= 15 is 0 Å². The van der Waals surface area contributed by atoms with Gasteiger partial charge in [0.2, 0.25) is 5.91 Å². The summed E-state index contributed by atoms with van der Waals surface area (Å²) in [4.78, 5) is 39.9. The Balaban J connectivity index is 1.37. The number of amides is 1. The van der Waals surface area contributed by atoms with E-state index in [9.17, 15) is 9.59 Å². The molecule has 0 saturated carbocycles. The molecule has 0 radical (unpaired) electrons. The van der Waals surface area contributed by atoms with Crippen LogP contribution < -0.4 is 5.56 Å². The third kappa shape index (κ3) is 3.45. The highest BCUT2D eigenvalue weighted by atomic mass is 16.2. The number of rotatable bonds is 3. The van der Waals surface area contributed by atoms with E-state index in [-0.39, 0.29) is 17.9 Å². The summed E-state index contributed by atoms with van der Waals surface area (Å²) in [5.41, 5.74) is 3.46. The molecular weight excluding hydrogens is 406 g/mol. The summed E-state index contributed by atoms with van der Waals surface area (Å²) >= 11 is 0. The molecule has 5 rings (SSSR count). The maximum atomic E-state index is 12.9. The Kier molecular flexibility index (Phi) is 4.80. The lowest BCUT2D eigenvalue weighted by atomic mass is 10.1. The number of para-hydroxylation sites is 1. The van der Waals surface area contributed by atoms with Crippen LogP contribution in [0.25, 0.3) is 22.4 Å². The van der Waals surface area contributed by atoms with Gasteiger partial charge in [0, 0.05) is 36.6 Å². The average molecular weight is 429 g/mol. The third-order valence-electron chi connectivity index (χ3n) is 5.76. The molecule has 0 fully saturated rings. The molecule has 0 spiro atoms. The molecule has 1 aliphatic rings. The lowest BCUT2D eigenvalue weighted by Crippen LogP contribution is -2.36. The first-order valence-corrected chi connectivity index (χ1v) is 10.6. The SMILES string of the molecule is Cc1cc(C)n2nc(CC(=O)N3CC=C(n4c(C)nc(=O)c5ccccc54)CC3)nc2n1. The topological polar surface area (TPSA) is 98.3 Å². The van der Waals surface area contributed by atoms with Gasteiger partial charge >= 0.3 is 0 Å². The maximum Gasteiger partial charge on any atom is 0.280 e. The minimum absolute atomic E-state index is 0.0230. The van der Waals surface area contributed by atoms with Crippen molar-refractivity contribution in [1.29, 1.82) is 0 Å². The van der Waals surface area contributed by atoms with Crippen molar-refractivity contribution >= 4 is 28.3 Å². The lowest BCUT2D eigenvalue weighted by Gasteiger charge is -2.28. The Morgan fingerprint density at radius 3 is 2.69 bits per heavy atom. The lowest BCUT2D eigenvalue weighted by molar-refractivity contribution is -0.130. The van der Waals surface area contributed by atoms with Crippen LogP contribution in [0.15, 0.2) is 41.2 Å². The van der Waals surface area contributed by atoms with Crippen molar-refractivity contribution in [2.45, 2.75) is 33.6 Å². The number of benzene rings is 1. The molecule has 4 heterocycles. The first kappa shape index (κ1) is 20.0. The van der Waals surface area contributed by atoms with Crippen molar-refractivity contribution in [2.75, 3.05) is 13.1 Å². The van der Waals surface area contributed by atoms with Crippen molar-refractivity contribution in [1.82, 2.24) is 34.0 Å². The smallest absolute Gasteiger partial charge is 0.280 e. The number of carbonyl (C=O) groups excluding carboxylic acids is 1. The average Bonchev–Trinajstić information content (AvgIpc) is 3.17. The molecule has 0 aliphatic carbocycles. The van der Waals surface area contributed by atoms with Crippen molar-refractivity contribution < 1.29 is 4.79 Å². The van der Waals surface area contributed by atoms with Gasteiger partial charge in [0.05, 0.1) is 17.3 Å². The van der Waals surface area contributed by atoms with Gasteiger partial charge in [-0.15, -0.1) is 5.10 Å². The van der Waals surface area contributed by atoms with Crippen LogP contribution in [-0.4, -0.2) is 53.0 Å².